The molecule has 1 N–H and O–H groups in total. The van der Waals surface area contributed by atoms with Gasteiger partial charge in [-0.25, -0.2) is 0 Å². The third-order valence-electron chi connectivity index (χ3n) is 5.11. The van der Waals surface area contributed by atoms with Gasteiger partial charge in [-0.05, 0) is 54.6 Å². The van der Waals surface area contributed by atoms with E-state index in [-0.39, 0.29) is 6.10 Å². The standard InChI is InChI=1S/C17H24O/c1-12-6-8-13(9-7-12)17(18)16-10-14-4-2-3-5-15(14)11-16/h2-5,12-13,16-18H,6-11H2,1H3. The Morgan fingerprint density at radius 1 is 0.944 bits per heavy atom. The van der Waals surface area contributed by atoms with Crippen molar-refractivity contribution in [1.82, 2.24) is 0 Å². The van der Waals surface area contributed by atoms with Crippen LogP contribution in [0.4, 0.5) is 0 Å². The number of aliphatic hydroxyl groups is 1. The van der Waals surface area contributed by atoms with Gasteiger partial charge < -0.3 is 5.11 Å². The van der Waals surface area contributed by atoms with Crippen molar-refractivity contribution >= 4 is 0 Å². The molecule has 1 unspecified atom stereocenters. The highest BCUT2D eigenvalue weighted by Gasteiger charge is 2.33. The van der Waals surface area contributed by atoms with Gasteiger partial charge in [-0.2, -0.15) is 0 Å². The third-order valence-corrected chi connectivity index (χ3v) is 5.11. The summed E-state index contributed by atoms with van der Waals surface area (Å²) in [6.07, 6.45) is 7.17. The maximum absolute atomic E-state index is 10.6. The molecular weight excluding hydrogens is 220 g/mol. The number of fused-ring (bicyclic) bond motifs is 1. The van der Waals surface area contributed by atoms with Crippen molar-refractivity contribution in [2.24, 2.45) is 17.8 Å². The molecule has 0 bridgehead atoms. The molecule has 98 valence electrons. The van der Waals surface area contributed by atoms with Crippen LogP contribution in [0.3, 0.4) is 0 Å². The molecule has 0 spiro atoms. The SMILES string of the molecule is CC1CCC(C(O)C2Cc3ccccc3C2)CC1. The summed E-state index contributed by atoms with van der Waals surface area (Å²) in [5.74, 6) is 1.90. The second kappa shape index (κ2) is 5.05. The Morgan fingerprint density at radius 2 is 1.50 bits per heavy atom. The first-order valence-electron chi connectivity index (χ1n) is 7.49. The van der Waals surface area contributed by atoms with E-state index in [1.165, 1.54) is 36.8 Å². The summed E-state index contributed by atoms with van der Waals surface area (Å²) in [4.78, 5) is 0. The molecule has 0 amide bonds. The molecule has 1 aromatic rings. The molecule has 3 rings (SSSR count). The summed E-state index contributed by atoms with van der Waals surface area (Å²) in [7, 11) is 0. The zero-order valence-electron chi connectivity index (χ0n) is 11.3. The predicted octanol–water partition coefficient (Wildman–Crippen LogP) is 3.59. The van der Waals surface area contributed by atoms with Gasteiger partial charge in [0.05, 0.1) is 6.10 Å². The van der Waals surface area contributed by atoms with Crippen molar-refractivity contribution in [1.29, 1.82) is 0 Å². The Kier molecular flexibility index (Phi) is 3.43. The lowest BCUT2D eigenvalue weighted by Crippen LogP contribution is -2.32. The molecule has 0 heterocycles. The fraction of sp³-hybridized carbons (Fsp3) is 0.647. The topological polar surface area (TPSA) is 20.2 Å². The van der Waals surface area contributed by atoms with Crippen LogP contribution in [0.1, 0.15) is 43.7 Å². The summed E-state index contributed by atoms with van der Waals surface area (Å²) < 4.78 is 0. The minimum absolute atomic E-state index is 0.0788. The summed E-state index contributed by atoms with van der Waals surface area (Å²) in [5, 5.41) is 10.6. The quantitative estimate of drug-likeness (QED) is 0.843. The molecule has 1 aromatic carbocycles. The smallest absolute Gasteiger partial charge is 0.0602 e. The van der Waals surface area contributed by atoms with E-state index in [9.17, 15) is 5.11 Å². The number of hydrogen-bond donors (Lipinski definition) is 1. The van der Waals surface area contributed by atoms with Gasteiger partial charge in [0.2, 0.25) is 0 Å². The number of rotatable bonds is 2. The van der Waals surface area contributed by atoms with Crippen molar-refractivity contribution in [2.45, 2.75) is 51.6 Å². The van der Waals surface area contributed by atoms with Gasteiger partial charge >= 0.3 is 0 Å². The average Bonchev–Trinajstić information content (AvgIpc) is 2.82. The van der Waals surface area contributed by atoms with Crippen molar-refractivity contribution in [2.75, 3.05) is 0 Å². The van der Waals surface area contributed by atoms with Crippen LogP contribution >= 0.6 is 0 Å². The van der Waals surface area contributed by atoms with Crippen LogP contribution < -0.4 is 0 Å². The summed E-state index contributed by atoms with van der Waals surface area (Å²) in [5.41, 5.74) is 2.93. The van der Waals surface area contributed by atoms with Gasteiger partial charge in [-0.15, -0.1) is 0 Å². The molecule has 2 aliphatic carbocycles. The Balaban J connectivity index is 1.63. The van der Waals surface area contributed by atoms with Crippen LogP contribution in [0.15, 0.2) is 24.3 Å². The number of benzene rings is 1. The first-order valence-corrected chi connectivity index (χ1v) is 7.49. The molecule has 1 saturated carbocycles. The van der Waals surface area contributed by atoms with Crippen molar-refractivity contribution < 1.29 is 5.11 Å². The fourth-order valence-electron chi connectivity index (χ4n) is 3.85. The third kappa shape index (κ3) is 2.33. The van der Waals surface area contributed by atoms with E-state index >= 15 is 0 Å². The molecular formula is C17H24O. The molecule has 0 radical (unpaired) electrons. The van der Waals surface area contributed by atoms with Crippen molar-refractivity contribution in [3.63, 3.8) is 0 Å². The highest BCUT2D eigenvalue weighted by Crippen LogP contribution is 2.37. The first-order chi connectivity index (χ1) is 8.74. The summed E-state index contributed by atoms with van der Waals surface area (Å²) >= 11 is 0. The van der Waals surface area contributed by atoms with E-state index in [0.29, 0.717) is 11.8 Å². The lowest BCUT2D eigenvalue weighted by molar-refractivity contribution is 0.0306. The molecule has 0 aromatic heterocycles. The number of hydrogen-bond acceptors (Lipinski definition) is 1. The van der Waals surface area contributed by atoms with Crippen LogP contribution in [-0.4, -0.2) is 11.2 Å². The maximum atomic E-state index is 10.6. The van der Waals surface area contributed by atoms with Gasteiger partial charge in [0.25, 0.3) is 0 Å². The van der Waals surface area contributed by atoms with Gasteiger partial charge in [0.15, 0.2) is 0 Å². The maximum Gasteiger partial charge on any atom is 0.0602 e. The summed E-state index contributed by atoms with van der Waals surface area (Å²) in [6, 6.07) is 8.70. The zero-order chi connectivity index (χ0) is 12.5. The molecule has 0 aliphatic heterocycles. The minimum Gasteiger partial charge on any atom is -0.393 e. The van der Waals surface area contributed by atoms with E-state index in [1.54, 1.807) is 0 Å². The van der Waals surface area contributed by atoms with Crippen molar-refractivity contribution in [3.05, 3.63) is 35.4 Å². The van der Waals surface area contributed by atoms with Gasteiger partial charge in [-0.1, -0.05) is 44.0 Å². The van der Waals surface area contributed by atoms with Crippen LogP contribution in [0.5, 0.6) is 0 Å². The highest BCUT2D eigenvalue weighted by molar-refractivity contribution is 5.32. The lowest BCUT2D eigenvalue weighted by atomic mass is 9.76. The van der Waals surface area contributed by atoms with E-state index in [2.05, 4.69) is 31.2 Å². The highest BCUT2D eigenvalue weighted by atomic mass is 16.3. The Bertz CT molecular complexity index is 379. The Hall–Kier alpha value is -0.820. The van der Waals surface area contributed by atoms with Gasteiger partial charge in [0.1, 0.15) is 0 Å². The second-order valence-electron chi connectivity index (χ2n) is 6.45. The molecule has 1 nitrogen and oxygen atoms in total. The predicted molar refractivity (Wildman–Crippen MR) is 74.5 cm³/mol. The first kappa shape index (κ1) is 12.2. The fourth-order valence-corrected chi connectivity index (χ4v) is 3.85. The van der Waals surface area contributed by atoms with Crippen LogP contribution in [0, 0.1) is 17.8 Å². The average molecular weight is 244 g/mol. The molecule has 18 heavy (non-hydrogen) atoms. The Labute approximate surface area is 110 Å². The van der Waals surface area contributed by atoms with E-state index in [4.69, 9.17) is 0 Å². The van der Waals surface area contributed by atoms with Crippen LogP contribution in [-0.2, 0) is 12.8 Å². The van der Waals surface area contributed by atoms with E-state index < -0.39 is 0 Å². The minimum atomic E-state index is -0.0788. The van der Waals surface area contributed by atoms with Gasteiger partial charge in [-0.3, -0.25) is 0 Å². The van der Waals surface area contributed by atoms with E-state index in [0.717, 1.165) is 18.8 Å². The van der Waals surface area contributed by atoms with Crippen LogP contribution in [0.25, 0.3) is 0 Å². The molecule has 2 aliphatic rings. The molecule has 1 fully saturated rings. The summed E-state index contributed by atoms with van der Waals surface area (Å²) in [6.45, 7) is 2.34. The zero-order valence-corrected chi connectivity index (χ0v) is 11.3. The normalized spacial score (nSPS) is 30.1. The van der Waals surface area contributed by atoms with E-state index in [1.807, 2.05) is 0 Å². The molecule has 1 atom stereocenters. The van der Waals surface area contributed by atoms with Crippen molar-refractivity contribution in [3.8, 4) is 0 Å². The molecule has 0 saturated heterocycles. The lowest BCUT2D eigenvalue weighted by Gasteiger charge is -2.32. The largest absolute Gasteiger partial charge is 0.393 e. The Morgan fingerprint density at radius 3 is 2.06 bits per heavy atom. The molecule has 1 heteroatoms. The number of aliphatic hydroxyl groups excluding tert-OH is 1. The van der Waals surface area contributed by atoms with Crippen LogP contribution in [0.2, 0.25) is 0 Å². The monoisotopic (exact) mass is 244 g/mol. The van der Waals surface area contributed by atoms with Gasteiger partial charge in [0, 0.05) is 0 Å². The second-order valence-corrected chi connectivity index (χ2v) is 6.45.